The van der Waals surface area contributed by atoms with Crippen molar-refractivity contribution in [3.63, 3.8) is 0 Å². The van der Waals surface area contributed by atoms with Gasteiger partial charge in [-0.1, -0.05) is 17.7 Å². The summed E-state index contributed by atoms with van der Waals surface area (Å²) in [6.07, 6.45) is 5.69. The first-order valence-corrected chi connectivity index (χ1v) is 9.58. The van der Waals surface area contributed by atoms with E-state index in [9.17, 15) is 9.90 Å². The van der Waals surface area contributed by atoms with E-state index in [2.05, 4.69) is 21.4 Å². The third kappa shape index (κ3) is 3.64. The van der Waals surface area contributed by atoms with Crippen molar-refractivity contribution in [2.24, 2.45) is 0 Å². The van der Waals surface area contributed by atoms with Crippen LogP contribution in [0.1, 0.15) is 41.8 Å². The average molecular weight is 387 g/mol. The van der Waals surface area contributed by atoms with Crippen LogP contribution in [0.4, 0.5) is 5.95 Å². The number of fused-ring (bicyclic) bond motifs is 1. The van der Waals surface area contributed by atoms with Crippen molar-refractivity contribution in [1.82, 2.24) is 14.9 Å². The summed E-state index contributed by atoms with van der Waals surface area (Å²) in [7, 11) is 0. The van der Waals surface area contributed by atoms with E-state index >= 15 is 0 Å². The summed E-state index contributed by atoms with van der Waals surface area (Å²) >= 11 is 6.06. The average Bonchev–Trinajstić information content (AvgIpc) is 2.94. The Labute approximate surface area is 163 Å². The summed E-state index contributed by atoms with van der Waals surface area (Å²) in [4.78, 5) is 22.9. The molecule has 0 radical (unpaired) electrons. The minimum Gasteiger partial charge on any atom is -0.388 e. The van der Waals surface area contributed by atoms with Gasteiger partial charge in [-0.3, -0.25) is 4.79 Å². The number of hydrogen-bond acceptors (Lipinski definition) is 5. The molecule has 4 rings (SSSR count). The Bertz CT molecular complexity index is 863. The molecule has 1 aliphatic heterocycles. The highest BCUT2D eigenvalue weighted by atomic mass is 35.5. The molecule has 1 fully saturated rings. The minimum atomic E-state index is -0.906. The summed E-state index contributed by atoms with van der Waals surface area (Å²) in [5.74, 6) is 0.376. The molecular formula is C20H23ClN4O2. The molecule has 0 unspecified atom stereocenters. The Balaban J connectivity index is 1.39. The molecule has 2 aromatic rings. The van der Waals surface area contributed by atoms with E-state index in [0.29, 0.717) is 18.1 Å². The van der Waals surface area contributed by atoms with Gasteiger partial charge in [0, 0.05) is 30.0 Å². The number of benzene rings is 1. The smallest absolute Gasteiger partial charge is 0.257 e. The highest BCUT2D eigenvalue weighted by Gasteiger charge is 2.42. The molecular weight excluding hydrogens is 364 g/mol. The normalized spacial score (nSPS) is 21.6. The van der Waals surface area contributed by atoms with Gasteiger partial charge in [-0.25, -0.2) is 9.97 Å². The predicted molar refractivity (Wildman–Crippen MR) is 104 cm³/mol. The summed E-state index contributed by atoms with van der Waals surface area (Å²) < 4.78 is 0. The lowest BCUT2D eigenvalue weighted by Gasteiger charge is -2.47. The van der Waals surface area contributed by atoms with E-state index < -0.39 is 5.60 Å². The Hall–Kier alpha value is -2.18. The summed E-state index contributed by atoms with van der Waals surface area (Å²) in [5.41, 5.74) is 2.08. The van der Waals surface area contributed by atoms with Crippen LogP contribution in [0.2, 0.25) is 5.02 Å². The number of anilines is 1. The Morgan fingerprint density at radius 2 is 1.96 bits per heavy atom. The first-order valence-electron chi connectivity index (χ1n) is 9.20. The van der Waals surface area contributed by atoms with Crippen molar-refractivity contribution < 1.29 is 9.90 Å². The molecule has 142 valence electrons. The van der Waals surface area contributed by atoms with E-state index in [0.717, 1.165) is 24.3 Å². The number of likely N-dealkylation sites (tertiary alicyclic amines) is 1. The van der Waals surface area contributed by atoms with Crippen LogP contribution in [-0.4, -0.2) is 50.1 Å². The molecule has 2 heterocycles. The molecule has 1 aliphatic carbocycles. The van der Waals surface area contributed by atoms with Gasteiger partial charge in [-0.15, -0.1) is 0 Å². The SMILES string of the molecule is CC(C)(O)[C@H]1CCN1C(=O)c1cnc(N[C@@H]2Cc3ccc(Cl)cc3C2)nc1. The number of aliphatic hydroxyl groups is 1. The third-order valence-electron chi connectivity index (χ3n) is 5.43. The van der Waals surface area contributed by atoms with Gasteiger partial charge in [0.05, 0.1) is 17.2 Å². The topological polar surface area (TPSA) is 78.3 Å². The molecule has 27 heavy (non-hydrogen) atoms. The summed E-state index contributed by atoms with van der Waals surface area (Å²) in [6.45, 7) is 4.11. The molecule has 6 nitrogen and oxygen atoms in total. The van der Waals surface area contributed by atoms with Gasteiger partial charge in [-0.05, 0) is 56.4 Å². The second-order valence-corrected chi connectivity index (χ2v) is 8.35. The fourth-order valence-corrected chi connectivity index (χ4v) is 4.11. The van der Waals surface area contributed by atoms with Gasteiger partial charge in [0.25, 0.3) is 5.91 Å². The zero-order chi connectivity index (χ0) is 19.2. The quantitative estimate of drug-likeness (QED) is 0.844. The van der Waals surface area contributed by atoms with Crippen molar-refractivity contribution in [3.05, 3.63) is 52.3 Å². The highest BCUT2D eigenvalue weighted by Crippen LogP contribution is 2.29. The van der Waals surface area contributed by atoms with Gasteiger partial charge < -0.3 is 15.3 Å². The maximum absolute atomic E-state index is 12.6. The van der Waals surface area contributed by atoms with E-state index in [1.165, 1.54) is 11.1 Å². The molecule has 1 aromatic carbocycles. The van der Waals surface area contributed by atoms with Gasteiger partial charge >= 0.3 is 0 Å². The van der Waals surface area contributed by atoms with Crippen LogP contribution in [0.3, 0.4) is 0 Å². The number of aromatic nitrogens is 2. The van der Waals surface area contributed by atoms with Gasteiger partial charge in [0.15, 0.2) is 0 Å². The number of nitrogens with zero attached hydrogens (tertiary/aromatic N) is 3. The van der Waals surface area contributed by atoms with Crippen molar-refractivity contribution in [3.8, 4) is 0 Å². The first kappa shape index (κ1) is 18.2. The third-order valence-corrected chi connectivity index (χ3v) is 5.66. The van der Waals surface area contributed by atoms with Gasteiger partial charge in [-0.2, -0.15) is 0 Å². The van der Waals surface area contributed by atoms with Gasteiger partial charge in [0.2, 0.25) is 5.95 Å². The van der Waals surface area contributed by atoms with Crippen LogP contribution in [0.15, 0.2) is 30.6 Å². The molecule has 0 bridgehead atoms. The zero-order valence-electron chi connectivity index (χ0n) is 15.4. The van der Waals surface area contributed by atoms with E-state index in [1.54, 1.807) is 31.1 Å². The monoisotopic (exact) mass is 386 g/mol. The number of halogens is 1. The fourth-order valence-electron chi connectivity index (χ4n) is 3.92. The summed E-state index contributed by atoms with van der Waals surface area (Å²) in [5, 5.41) is 14.2. The molecule has 2 atom stereocenters. The van der Waals surface area contributed by atoms with Crippen LogP contribution in [0.5, 0.6) is 0 Å². The summed E-state index contributed by atoms with van der Waals surface area (Å²) in [6, 6.07) is 6.04. The number of carbonyl (C=O) groups excluding carboxylic acids is 1. The van der Waals surface area contributed by atoms with Crippen molar-refractivity contribution >= 4 is 23.5 Å². The Morgan fingerprint density at radius 3 is 2.59 bits per heavy atom. The number of rotatable bonds is 4. The Kier molecular flexibility index (Phi) is 4.56. The molecule has 1 saturated heterocycles. The molecule has 0 spiro atoms. The number of nitrogens with one attached hydrogen (secondary N) is 1. The van der Waals surface area contributed by atoms with Crippen molar-refractivity contribution in [2.45, 2.75) is 50.8 Å². The van der Waals surface area contributed by atoms with Crippen LogP contribution in [0, 0.1) is 0 Å². The van der Waals surface area contributed by atoms with Crippen LogP contribution < -0.4 is 5.32 Å². The molecule has 1 amide bonds. The van der Waals surface area contributed by atoms with Crippen LogP contribution >= 0.6 is 11.6 Å². The molecule has 0 saturated carbocycles. The molecule has 1 aromatic heterocycles. The van der Waals surface area contributed by atoms with Crippen LogP contribution in [0.25, 0.3) is 0 Å². The number of carbonyl (C=O) groups is 1. The van der Waals surface area contributed by atoms with Crippen molar-refractivity contribution in [2.75, 3.05) is 11.9 Å². The fraction of sp³-hybridized carbons (Fsp3) is 0.450. The van der Waals surface area contributed by atoms with E-state index in [-0.39, 0.29) is 18.0 Å². The molecule has 2 N–H and O–H groups in total. The van der Waals surface area contributed by atoms with Crippen LogP contribution in [-0.2, 0) is 12.8 Å². The second kappa shape index (κ2) is 6.77. The number of amides is 1. The standard InChI is InChI=1S/C20H23ClN4O2/c1-20(2,27)17-5-6-25(17)18(26)14-10-22-19(23-11-14)24-16-8-12-3-4-15(21)7-13(12)9-16/h3-4,7,10-11,16-17,27H,5-6,8-9H2,1-2H3,(H,22,23,24)/t16-,17-/m1/s1. The van der Waals surface area contributed by atoms with E-state index in [1.807, 2.05) is 12.1 Å². The first-order chi connectivity index (χ1) is 12.8. The van der Waals surface area contributed by atoms with E-state index in [4.69, 9.17) is 11.6 Å². The zero-order valence-corrected chi connectivity index (χ0v) is 16.2. The maximum Gasteiger partial charge on any atom is 0.257 e. The largest absolute Gasteiger partial charge is 0.388 e. The predicted octanol–water partition coefficient (Wildman–Crippen LogP) is 2.69. The number of hydrogen-bond donors (Lipinski definition) is 2. The molecule has 7 heteroatoms. The van der Waals surface area contributed by atoms with Crippen molar-refractivity contribution in [1.29, 1.82) is 0 Å². The lowest BCUT2D eigenvalue weighted by molar-refractivity contribution is -0.0550. The van der Waals surface area contributed by atoms with Gasteiger partial charge in [0.1, 0.15) is 0 Å². The second-order valence-electron chi connectivity index (χ2n) is 7.91. The lowest BCUT2D eigenvalue weighted by atomic mass is 9.87. The highest BCUT2D eigenvalue weighted by molar-refractivity contribution is 6.30. The molecule has 2 aliphatic rings. The minimum absolute atomic E-state index is 0.136. The lowest BCUT2D eigenvalue weighted by Crippen LogP contribution is -2.60. The maximum atomic E-state index is 12.6. The Morgan fingerprint density at radius 1 is 1.26 bits per heavy atom.